The smallest absolute Gasteiger partial charge is 0.0627 e. The van der Waals surface area contributed by atoms with Crippen LogP contribution in [-0.2, 0) is 6.54 Å². The Labute approximate surface area is 69.8 Å². The summed E-state index contributed by atoms with van der Waals surface area (Å²) >= 11 is 0. The molecule has 12 heavy (non-hydrogen) atoms. The summed E-state index contributed by atoms with van der Waals surface area (Å²) in [6, 6.07) is 6.35. The molecule has 1 aliphatic rings. The van der Waals surface area contributed by atoms with Gasteiger partial charge < -0.3 is 10.4 Å². The Hall–Kier alpha value is -1.48. The van der Waals surface area contributed by atoms with Crippen molar-refractivity contribution in [3.8, 4) is 0 Å². The molecule has 2 aromatic rings. The molecule has 0 amide bonds. The third-order valence-electron chi connectivity index (χ3n) is 2.31. The standard InChI is InChI=1S/C9H9N3/c1-2-8-7(3-4-10-8)9-6(1)5-11-12-9/h1-4,10-12H,5H2. The second kappa shape index (κ2) is 2.01. The molecule has 3 heteroatoms. The molecule has 0 saturated carbocycles. The van der Waals surface area contributed by atoms with Crippen LogP contribution in [0.1, 0.15) is 5.56 Å². The summed E-state index contributed by atoms with van der Waals surface area (Å²) in [7, 11) is 0. The molecule has 0 spiro atoms. The molecular weight excluding hydrogens is 150 g/mol. The highest BCUT2D eigenvalue weighted by Gasteiger charge is 2.12. The minimum absolute atomic E-state index is 0.913. The van der Waals surface area contributed by atoms with Gasteiger partial charge in [0.2, 0.25) is 0 Å². The van der Waals surface area contributed by atoms with E-state index in [9.17, 15) is 0 Å². The quantitative estimate of drug-likeness (QED) is 0.546. The molecular formula is C9H9N3. The Kier molecular flexibility index (Phi) is 1.02. The van der Waals surface area contributed by atoms with Crippen LogP contribution in [0, 0.1) is 0 Å². The number of anilines is 1. The number of H-pyrrole nitrogens is 1. The molecule has 60 valence electrons. The fraction of sp³-hybridized carbons (Fsp3) is 0.111. The summed E-state index contributed by atoms with van der Waals surface area (Å²) in [6.07, 6.45) is 1.96. The third kappa shape index (κ3) is 0.636. The zero-order valence-corrected chi connectivity index (χ0v) is 6.52. The fourth-order valence-electron chi connectivity index (χ4n) is 1.70. The van der Waals surface area contributed by atoms with Gasteiger partial charge in [0.05, 0.1) is 5.69 Å². The molecule has 1 aliphatic heterocycles. The number of benzene rings is 1. The van der Waals surface area contributed by atoms with Gasteiger partial charge in [0.15, 0.2) is 0 Å². The van der Waals surface area contributed by atoms with E-state index in [0.29, 0.717) is 0 Å². The second-order valence-electron chi connectivity index (χ2n) is 3.02. The first-order valence-electron chi connectivity index (χ1n) is 4.03. The van der Waals surface area contributed by atoms with Gasteiger partial charge in [-0.3, -0.25) is 0 Å². The molecule has 3 nitrogen and oxygen atoms in total. The van der Waals surface area contributed by atoms with E-state index in [1.807, 2.05) is 6.20 Å². The number of rotatable bonds is 0. The summed E-state index contributed by atoms with van der Waals surface area (Å²) in [5.74, 6) is 0. The predicted molar refractivity (Wildman–Crippen MR) is 48.8 cm³/mol. The van der Waals surface area contributed by atoms with Crippen LogP contribution in [0.4, 0.5) is 5.69 Å². The molecule has 0 atom stereocenters. The fourth-order valence-corrected chi connectivity index (χ4v) is 1.70. The minimum Gasteiger partial charge on any atom is -0.361 e. The van der Waals surface area contributed by atoms with Crippen LogP contribution < -0.4 is 10.9 Å². The van der Waals surface area contributed by atoms with Crippen molar-refractivity contribution in [1.82, 2.24) is 10.4 Å². The van der Waals surface area contributed by atoms with Crippen molar-refractivity contribution in [3.05, 3.63) is 30.0 Å². The van der Waals surface area contributed by atoms with E-state index in [0.717, 1.165) is 6.54 Å². The molecule has 2 heterocycles. The molecule has 0 saturated heterocycles. The van der Waals surface area contributed by atoms with Crippen molar-refractivity contribution in [1.29, 1.82) is 0 Å². The van der Waals surface area contributed by atoms with Crippen molar-refractivity contribution in [2.45, 2.75) is 6.54 Å². The van der Waals surface area contributed by atoms with Gasteiger partial charge in [-0.05, 0) is 17.7 Å². The van der Waals surface area contributed by atoms with Gasteiger partial charge in [0, 0.05) is 23.6 Å². The van der Waals surface area contributed by atoms with Crippen molar-refractivity contribution in [3.63, 3.8) is 0 Å². The maximum Gasteiger partial charge on any atom is 0.0627 e. The molecule has 1 aromatic heterocycles. The average Bonchev–Trinajstić information content (AvgIpc) is 2.71. The number of aromatic amines is 1. The van der Waals surface area contributed by atoms with Crippen LogP contribution in [0.15, 0.2) is 24.4 Å². The van der Waals surface area contributed by atoms with Gasteiger partial charge in [0.25, 0.3) is 0 Å². The van der Waals surface area contributed by atoms with Gasteiger partial charge in [-0.2, -0.15) is 0 Å². The average molecular weight is 159 g/mol. The van der Waals surface area contributed by atoms with E-state index in [2.05, 4.69) is 34.0 Å². The zero-order valence-electron chi connectivity index (χ0n) is 6.52. The van der Waals surface area contributed by atoms with Crippen LogP contribution in [-0.4, -0.2) is 4.98 Å². The monoisotopic (exact) mass is 159 g/mol. The molecule has 0 unspecified atom stereocenters. The summed E-state index contributed by atoms with van der Waals surface area (Å²) in [5, 5.41) is 1.26. The van der Waals surface area contributed by atoms with E-state index < -0.39 is 0 Å². The summed E-state index contributed by atoms with van der Waals surface area (Å²) in [5.41, 5.74) is 10.0. The molecule has 3 rings (SSSR count). The molecule has 1 aromatic carbocycles. The van der Waals surface area contributed by atoms with Crippen LogP contribution in [0.3, 0.4) is 0 Å². The SMILES string of the molecule is c1cc2c3c(ccc2[nH]1)CNN3. The Balaban J connectivity index is 2.46. The number of nitrogens with one attached hydrogen (secondary N) is 3. The summed E-state index contributed by atoms with van der Waals surface area (Å²) in [4.78, 5) is 3.18. The van der Waals surface area contributed by atoms with Crippen molar-refractivity contribution >= 4 is 16.6 Å². The van der Waals surface area contributed by atoms with E-state index in [1.54, 1.807) is 0 Å². The highest BCUT2D eigenvalue weighted by atomic mass is 15.4. The number of fused-ring (bicyclic) bond motifs is 3. The van der Waals surface area contributed by atoms with Crippen LogP contribution in [0.2, 0.25) is 0 Å². The van der Waals surface area contributed by atoms with Crippen LogP contribution >= 0.6 is 0 Å². The topological polar surface area (TPSA) is 39.9 Å². The van der Waals surface area contributed by atoms with Crippen molar-refractivity contribution in [2.75, 3.05) is 5.43 Å². The van der Waals surface area contributed by atoms with E-state index in [-0.39, 0.29) is 0 Å². The normalized spacial score (nSPS) is 14.7. The Morgan fingerprint density at radius 2 is 2.17 bits per heavy atom. The second-order valence-corrected chi connectivity index (χ2v) is 3.02. The third-order valence-corrected chi connectivity index (χ3v) is 2.31. The number of hydrogen-bond acceptors (Lipinski definition) is 2. The highest BCUT2D eigenvalue weighted by Crippen LogP contribution is 2.28. The Morgan fingerprint density at radius 3 is 3.17 bits per heavy atom. The summed E-state index contributed by atoms with van der Waals surface area (Å²) < 4.78 is 0. The maximum absolute atomic E-state index is 3.18. The van der Waals surface area contributed by atoms with Gasteiger partial charge in [-0.15, -0.1) is 0 Å². The zero-order chi connectivity index (χ0) is 7.97. The lowest BCUT2D eigenvalue weighted by Gasteiger charge is -1.99. The molecule has 0 bridgehead atoms. The van der Waals surface area contributed by atoms with E-state index in [4.69, 9.17) is 0 Å². The molecule has 0 fully saturated rings. The van der Waals surface area contributed by atoms with Crippen molar-refractivity contribution in [2.24, 2.45) is 0 Å². The Morgan fingerprint density at radius 1 is 1.17 bits per heavy atom. The number of aromatic nitrogens is 1. The van der Waals surface area contributed by atoms with Crippen molar-refractivity contribution < 1.29 is 0 Å². The maximum atomic E-state index is 3.18. The largest absolute Gasteiger partial charge is 0.361 e. The first kappa shape index (κ1) is 6.08. The lowest BCUT2D eigenvalue weighted by molar-refractivity contribution is 0.860. The summed E-state index contributed by atoms with van der Waals surface area (Å²) in [6.45, 7) is 0.913. The Bertz CT molecular complexity index is 430. The van der Waals surface area contributed by atoms with Gasteiger partial charge >= 0.3 is 0 Å². The first-order chi connectivity index (χ1) is 5.95. The highest BCUT2D eigenvalue weighted by molar-refractivity contribution is 5.94. The van der Waals surface area contributed by atoms with Gasteiger partial charge in [0.1, 0.15) is 0 Å². The minimum atomic E-state index is 0.913. The number of hydrogen-bond donors (Lipinski definition) is 3. The van der Waals surface area contributed by atoms with Gasteiger partial charge in [-0.1, -0.05) is 6.07 Å². The van der Waals surface area contributed by atoms with Crippen LogP contribution in [0.5, 0.6) is 0 Å². The van der Waals surface area contributed by atoms with Crippen LogP contribution in [0.25, 0.3) is 10.9 Å². The first-order valence-corrected chi connectivity index (χ1v) is 4.03. The number of hydrazine groups is 1. The van der Waals surface area contributed by atoms with Gasteiger partial charge in [-0.25, -0.2) is 5.43 Å². The van der Waals surface area contributed by atoms with E-state index >= 15 is 0 Å². The predicted octanol–water partition coefficient (Wildman–Crippen LogP) is 1.60. The molecule has 0 radical (unpaired) electrons. The van der Waals surface area contributed by atoms with E-state index in [1.165, 1.54) is 22.2 Å². The lowest BCUT2D eigenvalue weighted by atomic mass is 10.1. The molecule has 0 aliphatic carbocycles. The lowest BCUT2D eigenvalue weighted by Crippen LogP contribution is -2.10. The molecule has 3 N–H and O–H groups in total.